The monoisotopic (exact) mass is 191 g/mol. The minimum absolute atomic E-state index is 0.0532. The first-order chi connectivity index (χ1) is 6.58. The van der Waals surface area contributed by atoms with Crippen molar-refractivity contribution in [2.45, 2.75) is 6.92 Å². The van der Waals surface area contributed by atoms with Gasteiger partial charge in [0, 0.05) is 17.8 Å². The van der Waals surface area contributed by atoms with Crippen molar-refractivity contribution in [1.29, 1.82) is 0 Å². The fraction of sp³-hybridized carbons (Fsp3) is 0.125. The number of nitrogen functional groups attached to an aromatic ring is 2. The lowest BCUT2D eigenvalue weighted by Crippen LogP contribution is -2.19. The van der Waals surface area contributed by atoms with Crippen molar-refractivity contribution >= 4 is 17.4 Å². The third-order valence-corrected chi connectivity index (χ3v) is 1.82. The van der Waals surface area contributed by atoms with Crippen LogP contribution in [0.25, 0.3) is 5.65 Å². The van der Waals surface area contributed by atoms with E-state index >= 15 is 0 Å². The number of rotatable bonds is 0. The number of hydrogen-bond donors (Lipinski definition) is 2. The van der Waals surface area contributed by atoms with Gasteiger partial charge in [-0.3, -0.25) is 4.79 Å². The van der Waals surface area contributed by atoms with Gasteiger partial charge in [-0.25, -0.2) is 9.38 Å². The van der Waals surface area contributed by atoms with Gasteiger partial charge < -0.3 is 11.5 Å². The van der Waals surface area contributed by atoms with E-state index in [0.717, 1.165) is 0 Å². The van der Waals surface area contributed by atoms with Gasteiger partial charge in [-0.2, -0.15) is 4.98 Å². The molecule has 2 aromatic rings. The van der Waals surface area contributed by atoms with E-state index in [4.69, 9.17) is 11.5 Å². The molecule has 0 aliphatic rings. The molecule has 0 aromatic carbocycles. The highest BCUT2D eigenvalue weighted by Crippen LogP contribution is 2.06. The van der Waals surface area contributed by atoms with E-state index in [1.54, 1.807) is 6.92 Å². The average Bonchev–Trinajstić information content (AvgIpc) is 1.99. The van der Waals surface area contributed by atoms with Gasteiger partial charge in [-0.15, -0.1) is 0 Å². The van der Waals surface area contributed by atoms with Crippen molar-refractivity contribution in [3.05, 3.63) is 28.2 Å². The van der Waals surface area contributed by atoms with Crippen molar-refractivity contribution in [3.8, 4) is 0 Å². The first-order valence-corrected chi connectivity index (χ1v) is 4.00. The van der Waals surface area contributed by atoms with Gasteiger partial charge in [0.05, 0.1) is 0 Å². The van der Waals surface area contributed by atoms with E-state index in [1.807, 2.05) is 0 Å². The summed E-state index contributed by atoms with van der Waals surface area (Å²) in [4.78, 5) is 19.4. The van der Waals surface area contributed by atoms with Crippen LogP contribution in [0.5, 0.6) is 0 Å². The van der Waals surface area contributed by atoms with Crippen molar-refractivity contribution in [2.24, 2.45) is 0 Å². The lowest BCUT2D eigenvalue weighted by molar-refractivity contribution is 0.993. The van der Waals surface area contributed by atoms with Crippen LogP contribution in [0.1, 0.15) is 5.69 Å². The molecule has 6 nitrogen and oxygen atoms in total. The molecule has 0 saturated heterocycles. The zero-order valence-corrected chi connectivity index (χ0v) is 7.56. The maximum Gasteiger partial charge on any atom is 0.260 e. The van der Waals surface area contributed by atoms with E-state index < -0.39 is 0 Å². The minimum Gasteiger partial charge on any atom is -0.383 e. The molecule has 0 spiro atoms. The molecule has 0 fully saturated rings. The highest BCUT2D eigenvalue weighted by molar-refractivity contribution is 5.52. The summed E-state index contributed by atoms with van der Waals surface area (Å²) in [6, 6.07) is 2.89. The summed E-state index contributed by atoms with van der Waals surface area (Å²) in [5.74, 6) is 0.303. The maximum atomic E-state index is 11.5. The van der Waals surface area contributed by atoms with E-state index in [2.05, 4.69) is 9.97 Å². The molecule has 2 rings (SSSR count). The number of hydrogen-bond acceptors (Lipinski definition) is 5. The summed E-state index contributed by atoms with van der Waals surface area (Å²) in [5.41, 5.74) is 11.8. The van der Waals surface area contributed by atoms with Crippen molar-refractivity contribution in [2.75, 3.05) is 11.5 Å². The first-order valence-electron chi connectivity index (χ1n) is 4.00. The molecule has 14 heavy (non-hydrogen) atoms. The highest BCUT2D eigenvalue weighted by Gasteiger charge is 2.04. The molecule has 2 heterocycles. The third kappa shape index (κ3) is 1.17. The summed E-state index contributed by atoms with van der Waals surface area (Å²) in [7, 11) is 0. The highest BCUT2D eigenvalue weighted by atomic mass is 16.1. The predicted octanol–water partition coefficient (Wildman–Crippen LogP) is -0.438. The van der Waals surface area contributed by atoms with E-state index in [0.29, 0.717) is 11.3 Å². The number of nitrogens with two attached hydrogens (primary N) is 2. The van der Waals surface area contributed by atoms with Crippen molar-refractivity contribution in [1.82, 2.24) is 14.4 Å². The van der Waals surface area contributed by atoms with Gasteiger partial charge in [-0.05, 0) is 6.92 Å². The normalized spacial score (nSPS) is 10.6. The van der Waals surface area contributed by atoms with Crippen LogP contribution >= 0.6 is 0 Å². The standard InChI is InChI=1S/C8H9N5O/c1-4-2-7(14)13-6(11-4)3-5(9)12-8(13)10/h2-3H,9H2,1H3,(H2,10,12). The number of fused-ring (bicyclic) bond motifs is 1. The van der Waals surface area contributed by atoms with Gasteiger partial charge >= 0.3 is 0 Å². The quantitative estimate of drug-likeness (QED) is 0.588. The van der Waals surface area contributed by atoms with Crippen molar-refractivity contribution < 1.29 is 0 Å². The molecule has 4 N–H and O–H groups in total. The summed E-state index contributed by atoms with van der Waals surface area (Å²) < 4.78 is 1.21. The van der Waals surface area contributed by atoms with Gasteiger partial charge in [-0.1, -0.05) is 0 Å². The molecule has 0 amide bonds. The Hall–Kier alpha value is -2.11. The molecule has 72 valence electrons. The van der Waals surface area contributed by atoms with Gasteiger partial charge in [0.15, 0.2) is 0 Å². The number of anilines is 2. The average molecular weight is 191 g/mol. The fourth-order valence-electron chi connectivity index (χ4n) is 1.29. The number of aryl methyl sites for hydroxylation is 1. The van der Waals surface area contributed by atoms with Gasteiger partial charge in [0.1, 0.15) is 11.5 Å². The van der Waals surface area contributed by atoms with Crippen LogP contribution < -0.4 is 17.0 Å². The van der Waals surface area contributed by atoms with Crippen LogP contribution in [0.2, 0.25) is 0 Å². The third-order valence-electron chi connectivity index (χ3n) is 1.82. The second-order valence-electron chi connectivity index (χ2n) is 2.97. The van der Waals surface area contributed by atoms with Gasteiger partial charge in [0.25, 0.3) is 5.56 Å². The second kappa shape index (κ2) is 2.69. The second-order valence-corrected chi connectivity index (χ2v) is 2.97. The van der Waals surface area contributed by atoms with Crippen LogP contribution in [0.4, 0.5) is 11.8 Å². The lowest BCUT2D eigenvalue weighted by atomic mass is 10.4. The molecule has 0 aliphatic carbocycles. The Morgan fingerprint density at radius 2 is 2.00 bits per heavy atom. The largest absolute Gasteiger partial charge is 0.383 e. The van der Waals surface area contributed by atoms with Crippen LogP contribution in [0.15, 0.2) is 16.9 Å². The molecule has 2 aromatic heterocycles. The zero-order chi connectivity index (χ0) is 10.3. The molecule has 6 heteroatoms. The lowest BCUT2D eigenvalue weighted by Gasteiger charge is -2.04. The maximum absolute atomic E-state index is 11.5. The Bertz CT molecular complexity index is 554. The summed E-state index contributed by atoms with van der Waals surface area (Å²) in [5, 5.41) is 0. The summed E-state index contributed by atoms with van der Waals surface area (Å²) in [6.45, 7) is 1.73. The van der Waals surface area contributed by atoms with E-state index in [-0.39, 0.29) is 17.3 Å². The SMILES string of the molecule is Cc1cc(=O)n2c(N)nc(N)cc2n1. The van der Waals surface area contributed by atoms with Crippen molar-refractivity contribution in [3.63, 3.8) is 0 Å². The molecule has 0 bridgehead atoms. The van der Waals surface area contributed by atoms with Gasteiger partial charge in [0.2, 0.25) is 5.95 Å². The van der Waals surface area contributed by atoms with Crippen LogP contribution in [-0.2, 0) is 0 Å². The van der Waals surface area contributed by atoms with E-state index in [9.17, 15) is 4.79 Å². The molecular formula is C8H9N5O. The summed E-state index contributed by atoms with van der Waals surface area (Å²) >= 11 is 0. The Morgan fingerprint density at radius 3 is 2.71 bits per heavy atom. The number of nitrogens with zero attached hydrogens (tertiary/aromatic N) is 3. The molecule has 0 saturated carbocycles. The predicted molar refractivity (Wildman–Crippen MR) is 52.8 cm³/mol. The molecular weight excluding hydrogens is 182 g/mol. The van der Waals surface area contributed by atoms with Crippen LogP contribution in [-0.4, -0.2) is 14.4 Å². The Balaban J connectivity index is 3.02. The van der Waals surface area contributed by atoms with Crippen LogP contribution in [0, 0.1) is 6.92 Å². The molecule has 0 unspecified atom stereocenters. The molecule has 0 atom stereocenters. The smallest absolute Gasteiger partial charge is 0.260 e. The Labute approximate surface area is 79.2 Å². The Kier molecular flexibility index (Phi) is 1.63. The van der Waals surface area contributed by atoms with Crippen LogP contribution in [0.3, 0.4) is 0 Å². The fourth-order valence-corrected chi connectivity index (χ4v) is 1.29. The summed E-state index contributed by atoms with van der Waals surface area (Å²) in [6.07, 6.45) is 0. The minimum atomic E-state index is -0.252. The Morgan fingerprint density at radius 1 is 1.29 bits per heavy atom. The van der Waals surface area contributed by atoms with E-state index in [1.165, 1.54) is 16.5 Å². The first kappa shape index (κ1) is 8.49. The number of aromatic nitrogens is 3. The zero-order valence-electron chi connectivity index (χ0n) is 7.56. The molecule has 0 radical (unpaired) electrons. The topological polar surface area (TPSA) is 99.3 Å². The molecule has 0 aliphatic heterocycles.